The molecule has 2 N–H and O–H groups in total. The van der Waals surface area contributed by atoms with Crippen LogP contribution in [0.15, 0.2) is 12.1 Å². The van der Waals surface area contributed by atoms with Gasteiger partial charge in [0.25, 0.3) is 0 Å². The summed E-state index contributed by atoms with van der Waals surface area (Å²) in [4.78, 5) is 0. The molecule has 1 aromatic carbocycles. The molecule has 5 heteroatoms. The van der Waals surface area contributed by atoms with Crippen molar-refractivity contribution in [3.05, 3.63) is 17.7 Å². The van der Waals surface area contributed by atoms with E-state index in [2.05, 4.69) is 0 Å². The van der Waals surface area contributed by atoms with E-state index in [4.69, 9.17) is 14.2 Å². The van der Waals surface area contributed by atoms with E-state index < -0.39 is 12.2 Å². The highest BCUT2D eigenvalue weighted by atomic mass is 16.7. The van der Waals surface area contributed by atoms with E-state index in [0.29, 0.717) is 22.8 Å². The third-order valence-electron chi connectivity index (χ3n) is 2.48. The van der Waals surface area contributed by atoms with E-state index in [9.17, 15) is 10.2 Å². The third-order valence-corrected chi connectivity index (χ3v) is 2.48. The number of fused-ring (bicyclic) bond motifs is 1. The third kappa shape index (κ3) is 1.79. The minimum absolute atomic E-state index is 0.139. The average molecular weight is 226 g/mol. The molecule has 0 saturated carbocycles. The second kappa shape index (κ2) is 4.19. The van der Waals surface area contributed by atoms with E-state index in [-0.39, 0.29) is 6.79 Å². The Morgan fingerprint density at radius 3 is 2.69 bits per heavy atom. The summed E-state index contributed by atoms with van der Waals surface area (Å²) in [6.45, 7) is 1.65. The van der Waals surface area contributed by atoms with Gasteiger partial charge in [-0.05, 0) is 24.6 Å². The van der Waals surface area contributed by atoms with Crippen LogP contribution in [0.2, 0.25) is 0 Å². The van der Waals surface area contributed by atoms with Crippen LogP contribution >= 0.6 is 0 Å². The van der Waals surface area contributed by atoms with Gasteiger partial charge < -0.3 is 24.4 Å². The number of hydrogen-bond donors (Lipinski definition) is 2. The van der Waals surface area contributed by atoms with Crippen molar-refractivity contribution in [2.75, 3.05) is 13.9 Å². The number of rotatable bonds is 3. The SMILES string of the molecule is COc1cc(C(O)C(C)O)cc2c1OCO2. The molecule has 16 heavy (non-hydrogen) atoms. The fourth-order valence-corrected chi connectivity index (χ4v) is 1.60. The Kier molecular flexibility index (Phi) is 2.89. The zero-order chi connectivity index (χ0) is 11.7. The molecule has 2 rings (SSSR count). The lowest BCUT2D eigenvalue weighted by Gasteiger charge is -2.15. The molecule has 1 aliphatic rings. The monoisotopic (exact) mass is 226 g/mol. The van der Waals surface area contributed by atoms with E-state index >= 15 is 0 Å². The van der Waals surface area contributed by atoms with Crippen molar-refractivity contribution >= 4 is 0 Å². The van der Waals surface area contributed by atoms with Crippen molar-refractivity contribution in [2.45, 2.75) is 19.1 Å². The highest BCUT2D eigenvalue weighted by Crippen LogP contribution is 2.43. The first kappa shape index (κ1) is 11.0. The van der Waals surface area contributed by atoms with Crippen LogP contribution in [0.1, 0.15) is 18.6 Å². The number of aliphatic hydroxyl groups is 2. The van der Waals surface area contributed by atoms with Crippen molar-refractivity contribution in [2.24, 2.45) is 0 Å². The Morgan fingerprint density at radius 1 is 1.31 bits per heavy atom. The number of ether oxygens (including phenoxy) is 3. The van der Waals surface area contributed by atoms with Gasteiger partial charge in [-0.25, -0.2) is 0 Å². The molecular formula is C11H14O5. The van der Waals surface area contributed by atoms with Crippen LogP contribution in [0, 0.1) is 0 Å². The summed E-state index contributed by atoms with van der Waals surface area (Å²) < 4.78 is 15.6. The lowest BCUT2D eigenvalue weighted by atomic mass is 10.0. The predicted octanol–water partition coefficient (Wildman–Crippen LogP) is 0.838. The molecule has 0 aromatic heterocycles. The fraction of sp³-hybridized carbons (Fsp3) is 0.455. The van der Waals surface area contributed by atoms with Gasteiger partial charge in [0, 0.05) is 0 Å². The molecule has 0 saturated heterocycles. The van der Waals surface area contributed by atoms with Gasteiger partial charge in [0.15, 0.2) is 11.5 Å². The van der Waals surface area contributed by atoms with Crippen molar-refractivity contribution < 1.29 is 24.4 Å². The van der Waals surface area contributed by atoms with E-state index in [1.54, 1.807) is 12.1 Å². The van der Waals surface area contributed by atoms with Crippen LogP contribution in [-0.4, -0.2) is 30.2 Å². The lowest BCUT2D eigenvalue weighted by molar-refractivity contribution is 0.0303. The zero-order valence-corrected chi connectivity index (χ0v) is 9.14. The van der Waals surface area contributed by atoms with Crippen molar-refractivity contribution in [3.8, 4) is 17.2 Å². The minimum atomic E-state index is -0.969. The Balaban J connectivity index is 2.41. The van der Waals surface area contributed by atoms with Crippen LogP contribution in [0.5, 0.6) is 17.2 Å². The summed E-state index contributed by atoms with van der Waals surface area (Å²) in [7, 11) is 1.51. The molecule has 0 aliphatic carbocycles. The quantitative estimate of drug-likeness (QED) is 0.799. The smallest absolute Gasteiger partial charge is 0.231 e. The van der Waals surface area contributed by atoms with Gasteiger partial charge >= 0.3 is 0 Å². The number of aliphatic hydroxyl groups excluding tert-OH is 2. The Bertz CT molecular complexity index is 388. The molecule has 0 spiro atoms. The normalized spacial score (nSPS) is 17.0. The van der Waals surface area contributed by atoms with Crippen LogP contribution in [0.3, 0.4) is 0 Å². The van der Waals surface area contributed by atoms with Crippen LogP contribution in [0.25, 0.3) is 0 Å². The second-order valence-electron chi connectivity index (χ2n) is 3.64. The first-order valence-corrected chi connectivity index (χ1v) is 4.97. The molecule has 1 aliphatic heterocycles. The standard InChI is InChI=1S/C11H14O5/c1-6(12)10(13)7-3-8(14-2)11-9(4-7)15-5-16-11/h3-4,6,10,12-13H,5H2,1-2H3. The van der Waals surface area contributed by atoms with Gasteiger partial charge in [0.1, 0.15) is 6.10 Å². The maximum Gasteiger partial charge on any atom is 0.231 e. The Hall–Kier alpha value is -1.46. The molecule has 88 valence electrons. The lowest BCUT2D eigenvalue weighted by Crippen LogP contribution is -2.13. The van der Waals surface area contributed by atoms with E-state index in [0.717, 1.165) is 0 Å². The van der Waals surface area contributed by atoms with Gasteiger partial charge in [-0.2, -0.15) is 0 Å². The van der Waals surface area contributed by atoms with Crippen LogP contribution in [-0.2, 0) is 0 Å². The molecule has 0 amide bonds. The van der Waals surface area contributed by atoms with E-state index in [1.165, 1.54) is 14.0 Å². The maximum absolute atomic E-state index is 9.75. The van der Waals surface area contributed by atoms with Gasteiger partial charge in [-0.1, -0.05) is 0 Å². The molecule has 1 heterocycles. The molecule has 5 nitrogen and oxygen atoms in total. The topological polar surface area (TPSA) is 68.2 Å². The summed E-state index contributed by atoms with van der Waals surface area (Å²) in [5.41, 5.74) is 0.538. The molecule has 2 unspecified atom stereocenters. The minimum Gasteiger partial charge on any atom is -0.493 e. The first-order valence-electron chi connectivity index (χ1n) is 4.97. The number of benzene rings is 1. The number of hydrogen-bond acceptors (Lipinski definition) is 5. The van der Waals surface area contributed by atoms with Crippen molar-refractivity contribution in [3.63, 3.8) is 0 Å². The first-order chi connectivity index (χ1) is 7.63. The molecule has 1 aromatic rings. The highest BCUT2D eigenvalue weighted by molar-refractivity contribution is 5.55. The zero-order valence-electron chi connectivity index (χ0n) is 9.14. The predicted molar refractivity (Wildman–Crippen MR) is 55.8 cm³/mol. The van der Waals surface area contributed by atoms with Gasteiger partial charge in [0.2, 0.25) is 12.5 Å². The molecule has 0 fully saturated rings. The van der Waals surface area contributed by atoms with Crippen molar-refractivity contribution in [1.29, 1.82) is 0 Å². The van der Waals surface area contributed by atoms with Gasteiger partial charge in [-0.3, -0.25) is 0 Å². The Morgan fingerprint density at radius 2 is 2.06 bits per heavy atom. The number of methoxy groups -OCH3 is 1. The van der Waals surface area contributed by atoms with Gasteiger partial charge in [0.05, 0.1) is 13.2 Å². The van der Waals surface area contributed by atoms with Crippen molar-refractivity contribution in [1.82, 2.24) is 0 Å². The highest BCUT2D eigenvalue weighted by Gasteiger charge is 2.23. The van der Waals surface area contributed by atoms with Crippen LogP contribution in [0.4, 0.5) is 0 Å². The summed E-state index contributed by atoms with van der Waals surface area (Å²) in [6, 6.07) is 3.27. The second-order valence-corrected chi connectivity index (χ2v) is 3.64. The average Bonchev–Trinajstić information content (AvgIpc) is 2.74. The largest absolute Gasteiger partial charge is 0.493 e. The fourth-order valence-electron chi connectivity index (χ4n) is 1.60. The summed E-state index contributed by atoms with van der Waals surface area (Å²) in [5, 5.41) is 19.1. The van der Waals surface area contributed by atoms with Crippen LogP contribution < -0.4 is 14.2 Å². The molecular weight excluding hydrogens is 212 g/mol. The summed E-state index contributed by atoms with van der Waals surface area (Å²) >= 11 is 0. The summed E-state index contributed by atoms with van der Waals surface area (Å²) in [5.74, 6) is 1.54. The van der Waals surface area contributed by atoms with Gasteiger partial charge in [-0.15, -0.1) is 0 Å². The van der Waals surface area contributed by atoms with E-state index in [1.807, 2.05) is 0 Å². The molecule has 2 atom stereocenters. The molecule has 0 radical (unpaired) electrons. The molecule has 0 bridgehead atoms. The maximum atomic E-state index is 9.75. The summed E-state index contributed by atoms with van der Waals surface area (Å²) in [6.07, 6.45) is -1.83. The Labute approximate surface area is 93.2 Å².